The number of benzene rings is 1. The molecule has 154 valence electrons. The number of nitrogens with one attached hydrogen (secondary N) is 1. The molecule has 1 spiro atoms. The zero-order valence-electron chi connectivity index (χ0n) is 16.9. The molecule has 1 aromatic rings. The number of anilines is 1. The number of methoxy groups -OCH3 is 2. The van der Waals surface area contributed by atoms with Gasteiger partial charge in [-0.05, 0) is 26.0 Å². The van der Waals surface area contributed by atoms with E-state index in [4.69, 9.17) is 18.9 Å². The van der Waals surface area contributed by atoms with Crippen LogP contribution in [-0.4, -0.2) is 63.0 Å². The molecular formula is C20H28N2O6. The lowest BCUT2D eigenvalue weighted by molar-refractivity contribution is -0.189. The van der Waals surface area contributed by atoms with Crippen molar-refractivity contribution in [2.24, 2.45) is 5.41 Å². The Bertz CT molecular complexity index is 732. The van der Waals surface area contributed by atoms with Gasteiger partial charge in [0.1, 0.15) is 5.41 Å². The van der Waals surface area contributed by atoms with Crippen LogP contribution in [0, 0.1) is 5.41 Å². The largest absolute Gasteiger partial charge is 0.493 e. The molecule has 0 atom stereocenters. The Morgan fingerprint density at radius 2 is 1.68 bits per heavy atom. The van der Waals surface area contributed by atoms with Crippen molar-refractivity contribution in [3.8, 4) is 11.5 Å². The molecule has 2 amide bonds. The Morgan fingerprint density at radius 3 is 2.25 bits per heavy atom. The summed E-state index contributed by atoms with van der Waals surface area (Å²) in [6, 6.07) is 5.07. The number of piperidine rings is 1. The average molecular weight is 392 g/mol. The van der Waals surface area contributed by atoms with Crippen LogP contribution in [0.3, 0.4) is 0 Å². The molecule has 0 unspecified atom stereocenters. The maximum absolute atomic E-state index is 13.0. The van der Waals surface area contributed by atoms with Crippen molar-refractivity contribution in [1.29, 1.82) is 0 Å². The Morgan fingerprint density at radius 1 is 1.07 bits per heavy atom. The highest BCUT2D eigenvalue weighted by molar-refractivity contribution is 6.10. The van der Waals surface area contributed by atoms with Gasteiger partial charge >= 0.3 is 0 Å². The summed E-state index contributed by atoms with van der Waals surface area (Å²) in [5.74, 6) is -0.0727. The third kappa shape index (κ3) is 3.93. The lowest BCUT2D eigenvalue weighted by Gasteiger charge is -2.40. The van der Waals surface area contributed by atoms with Gasteiger partial charge in [-0.2, -0.15) is 0 Å². The van der Waals surface area contributed by atoms with Crippen LogP contribution < -0.4 is 14.8 Å². The molecule has 0 saturated carbocycles. The number of carbonyl (C=O) groups is 2. The molecule has 0 aliphatic carbocycles. The van der Waals surface area contributed by atoms with Crippen molar-refractivity contribution >= 4 is 17.5 Å². The minimum absolute atomic E-state index is 0.210. The van der Waals surface area contributed by atoms with Crippen molar-refractivity contribution in [3.63, 3.8) is 0 Å². The normalized spacial score (nSPS) is 18.8. The van der Waals surface area contributed by atoms with Crippen LogP contribution in [0.1, 0.15) is 26.7 Å². The molecule has 8 nitrogen and oxygen atoms in total. The van der Waals surface area contributed by atoms with E-state index in [1.165, 1.54) is 7.11 Å². The van der Waals surface area contributed by atoms with E-state index >= 15 is 0 Å². The average Bonchev–Trinajstić information content (AvgIpc) is 3.15. The number of amides is 2. The first-order valence-electron chi connectivity index (χ1n) is 9.42. The Balaban J connectivity index is 1.64. The lowest BCUT2D eigenvalue weighted by atomic mass is 9.88. The van der Waals surface area contributed by atoms with Gasteiger partial charge in [0.25, 0.3) is 0 Å². The number of carbonyl (C=O) groups excluding carboxylic acids is 2. The number of rotatable bonds is 5. The fraction of sp³-hybridized carbons (Fsp3) is 0.600. The van der Waals surface area contributed by atoms with E-state index in [2.05, 4.69) is 5.32 Å². The van der Waals surface area contributed by atoms with E-state index in [0.29, 0.717) is 56.3 Å². The summed E-state index contributed by atoms with van der Waals surface area (Å²) in [5.41, 5.74) is -0.677. The highest BCUT2D eigenvalue weighted by atomic mass is 16.7. The van der Waals surface area contributed by atoms with E-state index in [1.807, 2.05) is 0 Å². The van der Waals surface area contributed by atoms with Crippen LogP contribution >= 0.6 is 0 Å². The molecule has 2 aliphatic rings. The fourth-order valence-corrected chi connectivity index (χ4v) is 3.53. The van der Waals surface area contributed by atoms with Crippen LogP contribution in [-0.2, 0) is 19.1 Å². The zero-order valence-corrected chi connectivity index (χ0v) is 16.9. The van der Waals surface area contributed by atoms with Gasteiger partial charge in [-0.25, -0.2) is 0 Å². The SMILES string of the molecule is COc1ccc(NC(=O)C(C)(C)C(=O)N2CCC3(CC2)OCCO3)cc1OC. The van der Waals surface area contributed by atoms with Crippen LogP contribution in [0.2, 0.25) is 0 Å². The van der Waals surface area contributed by atoms with Gasteiger partial charge < -0.3 is 29.2 Å². The number of nitrogens with zero attached hydrogens (tertiary/aromatic N) is 1. The molecule has 1 aromatic carbocycles. The molecule has 2 saturated heterocycles. The molecule has 0 radical (unpaired) electrons. The molecule has 0 bridgehead atoms. The molecule has 2 aliphatic heterocycles. The third-order valence-electron chi connectivity index (χ3n) is 5.37. The molecule has 8 heteroatoms. The van der Waals surface area contributed by atoms with Gasteiger partial charge in [-0.3, -0.25) is 9.59 Å². The number of likely N-dealkylation sites (tertiary alicyclic amines) is 1. The second-order valence-electron chi connectivity index (χ2n) is 7.55. The van der Waals surface area contributed by atoms with Gasteiger partial charge in [0, 0.05) is 37.7 Å². The molecule has 1 N–H and O–H groups in total. The summed E-state index contributed by atoms with van der Waals surface area (Å²) in [5, 5.41) is 2.81. The smallest absolute Gasteiger partial charge is 0.239 e. The van der Waals surface area contributed by atoms with E-state index < -0.39 is 11.2 Å². The Hall–Kier alpha value is -2.32. The Kier molecular flexibility index (Phi) is 5.81. The predicted molar refractivity (Wildman–Crippen MR) is 102 cm³/mol. The van der Waals surface area contributed by atoms with Gasteiger partial charge in [-0.1, -0.05) is 0 Å². The fourth-order valence-electron chi connectivity index (χ4n) is 3.53. The maximum Gasteiger partial charge on any atom is 0.239 e. The summed E-state index contributed by atoms with van der Waals surface area (Å²) < 4.78 is 21.9. The van der Waals surface area contributed by atoms with E-state index in [-0.39, 0.29) is 11.8 Å². The first-order valence-corrected chi connectivity index (χ1v) is 9.42. The van der Waals surface area contributed by atoms with Crippen molar-refractivity contribution in [2.45, 2.75) is 32.5 Å². The summed E-state index contributed by atoms with van der Waals surface area (Å²) in [7, 11) is 3.07. The topological polar surface area (TPSA) is 86.3 Å². The number of ether oxygens (including phenoxy) is 4. The third-order valence-corrected chi connectivity index (χ3v) is 5.37. The molecule has 0 aromatic heterocycles. The van der Waals surface area contributed by atoms with Gasteiger partial charge in [0.05, 0.1) is 27.4 Å². The van der Waals surface area contributed by atoms with Crippen molar-refractivity contribution in [1.82, 2.24) is 4.90 Å². The molecular weight excluding hydrogens is 364 g/mol. The number of hydrogen-bond donors (Lipinski definition) is 1. The molecule has 3 rings (SSSR count). The monoisotopic (exact) mass is 392 g/mol. The van der Waals surface area contributed by atoms with Crippen LogP contribution in [0.5, 0.6) is 11.5 Å². The second-order valence-corrected chi connectivity index (χ2v) is 7.55. The Labute approximate surface area is 165 Å². The maximum atomic E-state index is 13.0. The molecule has 2 fully saturated rings. The highest BCUT2D eigenvalue weighted by Gasteiger charge is 2.45. The van der Waals surface area contributed by atoms with Crippen molar-refractivity contribution < 1.29 is 28.5 Å². The van der Waals surface area contributed by atoms with E-state index in [1.54, 1.807) is 44.1 Å². The quantitative estimate of drug-likeness (QED) is 0.772. The second kappa shape index (κ2) is 7.97. The van der Waals surface area contributed by atoms with Gasteiger partial charge in [-0.15, -0.1) is 0 Å². The van der Waals surface area contributed by atoms with Crippen molar-refractivity contribution in [2.75, 3.05) is 45.8 Å². The minimum atomic E-state index is -1.21. The van der Waals surface area contributed by atoms with Crippen LogP contribution in [0.15, 0.2) is 18.2 Å². The van der Waals surface area contributed by atoms with E-state index in [0.717, 1.165) is 0 Å². The standard InChI is InChI=1S/C20H28N2O6/c1-19(2,17(23)21-14-5-6-15(25-3)16(13-14)26-4)18(24)22-9-7-20(8-10-22)27-11-12-28-20/h5-6,13H,7-12H2,1-4H3,(H,21,23). The summed E-state index contributed by atoms with van der Waals surface area (Å²) >= 11 is 0. The van der Waals surface area contributed by atoms with Crippen LogP contribution in [0.25, 0.3) is 0 Å². The predicted octanol–water partition coefficient (Wildman–Crippen LogP) is 2.03. The van der Waals surface area contributed by atoms with Gasteiger partial charge in [0.2, 0.25) is 11.8 Å². The summed E-state index contributed by atoms with van der Waals surface area (Å²) in [6.07, 6.45) is 1.23. The highest BCUT2D eigenvalue weighted by Crippen LogP contribution is 2.34. The van der Waals surface area contributed by atoms with Crippen LogP contribution in [0.4, 0.5) is 5.69 Å². The number of hydrogen-bond acceptors (Lipinski definition) is 6. The van der Waals surface area contributed by atoms with E-state index in [9.17, 15) is 9.59 Å². The lowest BCUT2D eigenvalue weighted by Crippen LogP contribution is -2.53. The zero-order chi connectivity index (χ0) is 20.4. The van der Waals surface area contributed by atoms with Crippen molar-refractivity contribution in [3.05, 3.63) is 18.2 Å². The summed E-state index contributed by atoms with van der Waals surface area (Å²) in [4.78, 5) is 27.6. The van der Waals surface area contributed by atoms with Gasteiger partial charge in [0.15, 0.2) is 17.3 Å². The first kappa shape index (κ1) is 20.4. The minimum Gasteiger partial charge on any atom is -0.493 e. The first-order chi connectivity index (χ1) is 13.3. The summed E-state index contributed by atoms with van der Waals surface area (Å²) in [6.45, 7) is 5.47. The molecule has 2 heterocycles. The molecule has 28 heavy (non-hydrogen) atoms.